The van der Waals surface area contributed by atoms with Crippen LogP contribution in [0.15, 0.2) is 60.7 Å². The molecule has 0 aliphatic carbocycles. The zero-order chi connectivity index (χ0) is 17.1. The Hall–Kier alpha value is -0.607. The zero-order valence-corrected chi connectivity index (χ0v) is 19.0. The van der Waals surface area contributed by atoms with Crippen molar-refractivity contribution in [1.29, 1.82) is 0 Å². The quantitative estimate of drug-likeness (QED) is 0.523. The average Bonchev–Trinajstić information content (AvgIpc) is 2.47. The molecule has 3 heteroatoms. The predicted molar refractivity (Wildman–Crippen MR) is 111 cm³/mol. The summed E-state index contributed by atoms with van der Waals surface area (Å²) >= 11 is 0.609. The summed E-state index contributed by atoms with van der Waals surface area (Å²) in [6.45, 7) is 15.2. The standard InChI is InChI=1S/C20H30SeSi2/c1-22(2,3)19(17-13-9-7-10-14-17)21-20(23(4,5)6)18-15-11-8-12-16-18/h7-16,19-20H,1-6H3. The molecule has 2 aromatic rings. The van der Waals surface area contributed by atoms with Crippen LogP contribution in [0.3, 0.4) is 0 Å². The number of rotatable bonds is 6. The summed E-state index contributed by atoms with van der Waals surface area (Å²) in [7, 11) is -2.50. The van der Waals surface area contributed by atoms with Crippen LogP contribution in [0.25, 0.3) is 0 Å². The summed E-state index contributed by atoms with van der Waals surface area (Å²) in [6, 6.07) is 22.6. The molecule has 0 bridgehead atoms. The van der Waals surface area contributed by atoms with Crippen LogP contribution in [0.4, 0.5) is 0 Å². The number of hydrogen-bond acceptors (Lipinski definition) is 0. The maximum absolute atomic E-state index is 2.54. The molecule has 0 radical (unpaired) electrons. The summed E-state index contributed by atoms with van der Waals surface area (Å²) in [4.78, 5) is 0. The fraction of sp³-hybridized carbons (Fsp3) is 0.400. The van der Waals surface area contributed by atoms with Crippen molar-refractivity contribution in [3.05, 3.63) is 71.8 Å². The van der Waals surface area contributed by atoms with E-state index in [1.54, 1.807) is 11.1 Å². The van der Waals surface area contributed by atoms with E-state index < -0.39 is 16.1 Å². The molecule has 0 amide bonds. The SMILES string of the molecule is C[Si](C)(C)C([Se]C(c1ccccc1)[Si](C)(C)C)c1ccccc1. The van der Waals surface area contributed by atoms with E-state index >= 15 is 0 Å². The summed E-state index contributed by atoms with van der Waals surface area (Å²) in [5.41, 5.74) is 3.15. The van der Waals surface area contributed by atoms with Gasteiger partial charge in [-0.15, -0.1) is 0 Å². The first-order chi connectivity index (χ1) is 10.7. The first kappa shape index (κ1) is 18.7. The third-order valence-corrected chi connectivity index (χ3v) is 20.5. The van der Waals surface area contributed by atoms with E-state index in [1.807, 2.05) is 0 Å². The molecule has 0 N–H and O–H groups in total. The van der Waals surface area contributed by atoms with Crippen LogP contribution < -0.4 is 0 Å². The van der Waals surface area contributed by atoms with Gasteiger partial charge in [0.05, 0.1) is 0 Å². The summed E-state index contributed by atoms with van der Waals surface area (Å²) in [5.74, 6) is 0. The van der Waals surface area contributed by atoms with Crippen molar-refractivity contribution in [1.82, 2.24) is 0 Å². The fourth-order valence-corrected chi connectivity index (χ4v) is 15.3. The van der Waals surface area contributed by atoms with Gasteiger partial charge in [-0.25, -0.2) is 0 Å². The second-order valence-corrected chi connectivity index (χ2v) is 23.5. The van der Waals surface area contributed by atoms with E-state index in [0.717, 1.165) is 8.88 Å². The van der Waals surface area contributed by atoms with Crippen LogP contribution in [0.1, 0.15) is 20.0 Å². The molecule has 2 rings (SSSR count). The maximum atomic E-state index is 2.54. The Morgan fingerprint density at radius 1 is 0.565 bits per heavy atom. The molecule has 0 aliphatic rings. The van der Waals surface area contributed by atoms with Gasteiger partial charge >= 0.3 is 151 Å². The summed E-state index contributed by atoms with van der Waals surface area (Å²) < 4.78 is 1.57. The second kappa shape index (κ2) is 7.52. The van der Waals surface area contributed by atoms with E-state index in [4.69, 9.17) is 0 Å². The van der Waals surface area contributed by atoms with E-state index in [2.05, 4.69) is 99.9 Å². The number of benzene rings is 2. The van der Waals surface area contributed by atoms with Crippen molar-refractivity contribution in [3.8, 4) is 0 Å². The minimum atomic E-state index is -1.25. The van der Waals surface area contributed by atoms with Crippen LogP contribution in [-0.4, -0.2) is 31.1 Å². The Morgan fingerprint density at radius 3 is 1.13 bits per heavy atom. The summed E-state index contributed by atoms with van der Waals surface area (Å²) in [5, 5.41) is 0. The van der Waals surface area contributed by atoms with Crippen LogP contribution in [0.5, 0.6) is 0 Å². The fourth-order valence-electron chi connectivity index (χ4n) is 2.96. The van der Waals surface area contributed by atoms with Crippen molar-refractivity contribution in [2.45, 2.75) is 48.2 Å². The van der Waals surface area contributed by atoms with Gasteiger partial charge in [-0.2, -0.15) is 0 Å². The third kappa shape index (κ3) is 5.18. The molecule has 0 aliphatic heterocycles. The molecular weight excluding hydrogens is 375 g/mol. The van der Waals surface area contributed by atoms with Crippen molar-refractivity contribution < 1.29 is 0 Å². The van der Waals surface area contributed by atoms with Crippen molar-refractivity contribution in [3.63, 3.8) is 0 Å². The average molecular weight is 406 g/mol. The normalized spacial score (nSPS) is 15.2. The van der Waals surface area contributed by atoms with Crippen LogP contribution >= 0.6 is 0 Å². The zero-order valence-electron chi connectivity index (χ0n) is 15.3. The molecule has 2 aromatic carbocycles. The molecule has 0 saturated heterocycles. The van der Waals surface area contributed by atoms with E-state index in [0.29, 0.717) is 15.0 Å². The van der Waals surface area contributed by atoms with Crippen LogP contribution in [0.2, 0.25) is 39.3 Å². The van der Waals surface area contributed by atoms with Crippen molar-refractivity contribution in [2.24, 2.45) is 0 Å². The number of hydrogen-bond donors (Lipinski definition) is 0. The van der Waals surface area contributed by atoms with Crippen molar-refractivity contribution in [2.75, 3.05) is 0 Å². The molecule has 124 valence electrons. The van der Waals surface area contributed by atoms with Crippen LogP contribution in [0, 0.1) is 0 Å². The Balaban J connectivity index is 2.39. The van der Waals surface area contributed by atoms with E-state index in [-0.39, 0.29) is 0 Å². The second-order valence-electron chi connectivity index (χ2n) is 8.45. The predicted octanol–water partition coefficient (Wildman–Crippen LogP) is 5.93. The van der Waals surface area contributed by atoms with Crippen molar-refractivity contribution >= 4 is 31.1 Å². The molecule has 23 heavy (non-hydrogen) atoms. The first-order valence-electron chi connectivity index (χ1n) is 8.45. The molecule has 0 saturated carbocycles. The van der Waals surface area contributed by atoms with Gasteiger partial charge in [0.15, 0.2) is 0 Å². The third-order valence-electron chi connectivity index (χ3n) is 4.05. The van der Waals surface area contributed by atoms with Gasteiger partial charge < -0.3 is 0 Å². The Bertz CT molecular complexity index is 542. The van der Waals surface area contributed by atoms with Gasteiger partial charge in [-0.1, -0.05) is 0 Å². The van der Waals surface area contributed by atoms with Gasteiger partial charge in [0.2, 0.25) is 0 Å². The van der Waals surface area contributed by atoms with Gasteiger partial charge in [0, 0.05) is 0 Å². The Morgan fingerprint density at radius 2 is 0.870 bits per heavy atom. The first-order valence-corrected chi connectivity index (χ1v) is 17.6. The summed E-state index contributed by atoms with van der Waals surface area (Å²) in [6.07, 6.45) is 0. The van der Waals surface area contributed by atoms with Gasteiger partial charge in [-0.05, 0) is 0 Å². The van der Waals surface area contributed by atoms with E-state index in [9.17, 15) is 0 Å². The molecule has 0 spiro atoms. The van der Waals surface area contributed by atoms with Crippen LogP contribution in [-0.2, 0) is 0 Å². The van der Waals surface area contributed by atoms with Gasteiger partial charge in [0.1, 0.15) is 0 Å². The molecule has 0 aromatic heterocycles. The minimum absolute atomic E-state index is 0.609. The molecule has 0 nitrogen and oxygen atoms in total. The monoisotopic (exact) mass is 406 g/mol. The van der Waals surface area contributed by atoms with Gasteiger partial charge in [-0.3, -0.25) is 0 Å². The molecule has 0 heterocycles. The molecule has 2 atom stereocenters. The van der Waals surface area contributed by atoms with Gasteiger partial charge in [0.25, 0.3) is 0 Å². The topological polar surface area (TPSA) is 0 Å². The molecular formula is C20H30SeSi2. The van der Waals surface area contributed by atoms with E-state index in [1.165, 1.54) is 0 Å². The molecule has 2 unspecified atom stereocenters. The Kier molecular flexibility index (Phi) is 6.12. The Labute approximate surface area is 150 Å². The molecule has 0 fully saturated rings.